The molecule has 0 bridgehead atoms. The second-order valence-corrected chi connectivity index (χ2v) is 4.04. The summed E-state index contributed by atoms with van der Waals surface area (Å²) in [5.74, 6) is 0. The van der Waals surface area contributed by atoms with E-state index < -0.39 is 11.4 Å². The minimum Gasteiger partial charge on any atom is -0.284 e. The average Bonchev–Trinajstić information content (AvgIpc) is 2.33. The lowest BCUT2D eigenvalue weighted by molar-refractivity contribution is 0.598. The van der Waals surface area contributed by atoms with Gasteiger partial charge in [0.15, 0.2) is 4.77 Å². The second kappa shape index (κ2) is 4.50. The molecule has 6 heteroatoms. The van der Waals surface area contributed by atoms with Crippen LogP contribution in [0.1, 0.15) is 5.56 Å². The molecule has 0 saturated carbocycles. The van der Waals surface area contributed by atoms with E-state index in [4.69, 9.17) is 12.2 Å². The largest absolute Gasteiger partial charge is 0.334 e. The van der Waals surface area contributed by atoms with Gasteiger partial charge in [-0.05, 0) is 17.8 Å². The molecule has 0 saturated heterocycles. The molecule has 0 fully saturated rings. The van der Waals surface area contributed by atoms with Crippen molar-refractivity contribution in [2.75, 3.05) is 0 Å². The number of aromatic amines is 1. The minimum atomic E-state index is -0.484. The topological polar surface area (TPSA) is 59.8 Å². The molecule has 17 heavy (non-hydrogen) atoms. The number of H-pyrrole nitrogens is 1. The molecule has 88 valence electrons. The standard InChI is InChI=1S/C11H11N3O2S/c1-13-10(17)12-9(15)14(11(13)16)7-8-5-3-2-4-6-8/h2-6H,7H2,1H3,(H,12,15,17). The summed E-state index contributed by atoms with van der Waals surface area (Å²) in [5, 5.41) is 0. The zero-order chi connectivity index (χ0) is 12.4. The van der Waals surface area contributed by atoms with E-state index in [1.54, 1.807) is 0 Å². The minimum absolute atomic E-state index is 0.129. The Kier molecular flexibility index (Phi) is 3.06. The summed E-state index contributed by atoms with van der Waals surface area (Å²) in [6.07, 6.45) is 0. The van der Waals surface area contributed by atoms with Crippen molar-refractivity contribution in [2.24, 2.45) is 7.05 Å². The molecule has 0 aliphatic heterocycles. The molecule has 0 atom stereocenters. The van der Waals surface area contributed by atoms with Crippen LogP contribution in [0.3, 0.4) is 0 Å². The third-order valence-electron chi connectivity index (χ3n) is 2.47. The molecule has 0 spiro atoms. The van der Waals surface area contributed by atoms with Crippen molar-refractivity contribution in [3.63, 3.8) is 0 Å². The van der Waals surface area contributed by atoms with Crippen LogP contribution in [-0.4, -0.2) is 14.1 Å². The molecule has 0 aliphatic carbocycles. The van der Waals surface area contributed by atoms with Gasteiger partial charge in [-0.25, -0.2) is 14.2 Å². The van der Waals surface area contributed by atoms with Crippen LogP contribution in [0.4, 0.5) is 0 Å². The fourth-order valence-corrected chi connectivity index (χ4v) is 1.67. The van der Waals surface area contributed by atoms with Crippen molar-refractivity contribution in [1.29, 1.82) is 0 Å². The maximum absolute atomic E-state index is 11.9. The van der Waals surface area contributed by atoms with E-state index in [1.807, 2.05) is 30.3 Å². The number of nitrogens with zero attached hydrogens (tertiary/aromatic N) is 2. The Morgan fingerprint density at radius 3 is 2.53 bits per heavy atom. The van der Waals surface area contributed by atoms with Crippen LogP contribution in [0, 0.1) is 4.77 Å². The predicted molar refractivity (Wildman–Crippen MR) is 66.7 cm³/mol. The normalized spacial score (nSPS) is 10.4. The van der Waals surface area contributed by atoms with Gasteiger partial charge in [0.2, 0.25) is 0 Å². The predicted octanol–water partition coefficient (Wildman–Crippen LogP) is 0.653. The van der Waals surface area contributed by atoms with Gasteiger partial charge in [-0.3, -0.25) is 9.55 Å². The van der Waals surface area contributed by atoms with E-state index in [0.29, 0.717) is 0 Å². The van der Waals surface area contributed by atoms with Gasteiger partial charge in [-0.15, -0.1) is 0 Å². The number of hydrogen-bond acceptors (Lipinski definition) is 3. The Hall–Kier alpha value is -1.95. The van der Waals surface area contributed by atoms with E-state index in [9.17, 15) is 9.59 Å². The average molecular weight is 249 g/mol. The van der Waals surface area contributed by atoms with E-state index in [0.717, 1.165) is 10.1 Å². The first-order chi connectivity index (χ1) is 8.09. The second-order valence-electron chi connectivity index (χ2n) is 3.65. The summed E-state index contributed by atoms with van der Waals surface area (Å²) in [7, 11) is 1.53. The van der Waals surface area contributed by atoms with Crippen molar-refractivity contribution in [2.45, 2.75) is 6.54 Å². The summed E-state index contributed by atoms with van der Waals surface area (Å²) in [4.78, 5) is 26.0. The fraction of sp³-hybridized carbons (Fsp3) is 0.182. The molecule has 1 N–H and O–H groups in total. The van der Waals surface area contributed by atoms with Crippen LogP contribution in [0.15, 0.2) is 39.9 Å². The lowest BCUT2D eigenvalue weighted by Gasteiger charge is -2.06. The Morgan fingerprint density at radius 2 is 1.88 bits per heavy atom. The van der Waals surface area contributed by atoms with Gasteiger partial charge >= 0.3 is 11.4 Å². The molecule has 0 radical (unpaired) electrons. The number of hydrogen-bond donors (Lipinski definition) is 1. The first kappa shape index (κ1) is 11.5. The van der Waals surface area contributed by atoms with Crippen LogP contribution in [0.2, 0.25) is 0 Å². The van der Waals surface area contributed by atoms with Crippen molar-refractivity contribution < 1.29 is 0 Å². The molecule has 5 nitrogen and oxygen atoms in total. The van der Waals surface area contributed by atoms with Gasteiger partial charge in [0.25, 0.3) is 0 Å². The van der Waals surface area contributed by atoms with E-state index in [-0.39, 0.29) is 11.3 Å². The molecule has 0 unspecified atom stereocenters. The first-order valence-electron chi connectivity index (χ1n) is 5.03. The SMILES string of the molecule is Cn1c(=S)[nH]c(=O)n(Cc2ccccc2)c1=O. The van der Waals surface area contributed by atoms with Gasteiger partial charge in [0, 0.05) is 7.05 Å². The molecule has 1 aromatic heterocycles. The summed E-state index contributed by atoms with van der Waals surface area (Å²) in [6, 6.07) is 9.30. The van der Waals surface area contributed by atoms with Gasteiger partial charge in [-0.1, -0.05) is 30.3 Å². The number of rotatable bonds is 2. The zero-order valence-electron chi connectivity index (χ0n) is 9.21. The van der Waals surface area contributed by atoms with Crippen LogP contribution in [0.25, 0.3) is 0 Å². The molecular weight excluding hydrogens is 238 g/mol. The quantitative estimate of drug-likeness (QED) is 0.795. The Morgan fingerprint density at radius 1 is 1.24 bits per heavy atom. The maximum atomic E-state index is 11.9. The Bertz CT molecular complexity index is 697. The highest BCUT2D eigenvalue weighted by Crippen LogP contribution is 1.98. The first-order valence-corrected chi connectivity index (χ1v) is 5.44. The van der Waals surface area contributed by atoms with Gasteiger partial charge in [0.1, 0.15) is 0 Å². The monoisotopic (exact) mass is 249 g/mol. The molecule has 0 aliphatic rings. The lowest BCUT2D eigenvalue weighted by Crippen LogP contribution is -2.41. The third kappa shape index (κ3) is 2.26. The number of aromatic nitrogens is 3. The number of benzene rings is 1. The summed E-state index contributed by atoms with van der Waals surface area (Å²) in [5.41, 5.74) is -0.0122. The molecule has 1 heterocycles. The molecule has 2 rings (SSSR count). The number of nitrogens with one attached hydrogen (secondary N) is 1. The highest BCUT2D eigenvalue weighted by Gasteiger charge is 2.05. The van der Waals surface area contributed by atoms with E-state index in [2.05, 4.69) is 4.98 Å². The highest BCUT2D eigenvalue weighted by molar-refractivity contribution is 7.71. The summed E-state index contributed by atoms with van der Waals surface area (Å²) >= 11 is 4.85. The van der Waals surface area contributed by atoms with Gasteiger partial charge < -0.3 is 0 Å². The van der Waals surface area contributed by atoms with Crippen molar-refractivity contribution >= 4 is 12.2 Å². The van der Waals surface area contributed by atoms with Crippen LogP contribution in [0.5, 0.6) is 0 Å². The van der Waals surface area contributed by atoms with Crippen LogP contribution in [-0.2, 0) is 13.6 Å². The van der Waals surface area contributed by atoms with Gasteiger partial charge in [0.05, 0.1) is 6.54 Å². The van der Waals surface area contributed by atoms with Crippen LogP contribution >= 0.6 is 12.2 Å². The van der Waals surface area contributed by atoms with E-state index >= 15 is 0 Å². The van der Waals surface area contributed by atoms with Crippen molar-refractivity contribution in [3.05, 3.63) is 61.6 Å². The summed E-state index contributed by atoms with van der Waals surface area (Å²) in [6.45, 7) is 0.235. The fourth-order valence-electron chi connectivity index (χ4n) is 1.50. The van der Waals surface area contributed by atoms with E-state index in [1.165, 1.54) is 11.6 Å². The molecule has 1 aromatic carbocycles. The molecule has 2 aromatic rings. The van der Waals surface area contributed by atoms with Crippen molar-refractivity contribution in [3.8, 4) is 0 Å². The van der Waals surface area contributed by atoms with Crippen LogP contribution < -0.4 is 11.4 Å². The lowest BCUT2D eigenvalue weighted by atomic mass is 10.2. The smallest absolute Gasteiger partial charge is 0.284 e. The zero-order valence-corrected chi connectivity index (χ0v) is 10.0. The summed E-state index contributed by atoms with van der Waals surface area (Å²) < 4.78 is 2.48. The highest BCUT2D eigenvalue weighted by atomic mass is 32.1. The molecular formula is C11H11N3O2S. The molecule has 0 amide bonds. The Balaban J connectivity index is 2.55. The maximum Gasteiger partial charge on any atom is 0.334 e. The third-order valence-corrected chi connectivity index (χ3v) is 2.84. The Labute approximate surface area is 102 Å². The van der Waals surface area contributed by atoms with Crippen molar-refractivity contribution in [1.82, 2.24) is 14.1 Å². The van der Waals surface area contributed by atoms with Gasteiger partial charge in [-0.2, -0.15) is 0 Å².